The maximum atomic E-state index is 11.6. The van der Waals surface area contributed by atoms with Gasteiger partial charge in [0, 0.05) is 16.6 Å². The Morgan fingerprint density at radius 3 is 2.78 bits per heavy atom. The van der Waals surface area contributed by atoms with Gasteiger partial charge in [-0.05, 0) is 28.5 Å². The minimum absolute atomic E-state index is 0.0603. The molecule has 0 unspecified atom stereocenters. The molecule has 90 valence electrons. The van der Waals surface area contributed by atoms with Crippen LogP contribution >= 0.6 is 15.9 Å². The van der Waals surface area contributed by atoms with Crippen molar-refractivity contribution in [3.8, 4) is 0 Å². The first-order valence-electron chi connectivity index (χ1n) is 5.67. The first kappa shape index (κ1) is 11.4. The Bertz CT molecular complexity index is 664. The minimum Gasteiger partial charge on any atom is -0.287 e. The number of amides is 1. The maximum Gasteiger partial charge on any atom is 0.262 e. The molecule has 1 fully saturated rings. The number of hydrogen-bond donors (Lipinski definition) is 2. The first-order valence-corrected chi connectivity index (χ1v) is 6.46. The van der Waals surface area contributed by atoms with E-state index in [1.807, 2.05) is 24.3 Å². The molecule has 1 aliphatic heterocycles. The van der Waals surface area contributed by atoms with Gasteiger partial charge in [0.05, 0.1) is 0 Å². The number of nitrogens with one attached hydrogen (secondary N) is 2. The third-order valence-electron chi connectivity index (χ3n) is 3.01. The van der Waals surface area contributed by atoms with Crippen molar-refractivity contribution in [2.24, 2.45) is 0 Å². The number of benzene rings is 2. The van der Waals surface area contributed by atoms with Crippen LogP contribution in [0.1, 0.15) is 5.56 Å². The number of halogens is 1. The molecular formula is C14H11BrN2O. The van der Waals surface area contributed by atoms with E-state index >= 15 is 0 Å². The van der Waals surface area contributed by atoms with Crippen molar-refractivity contribution in [1.82, 2.24) is 10.9 Å². The highest BCUT2D eigenvalue weighted by atomic mass is 79.9. The minimum atomic E-state index is -0.0603. The van der Waals surface area contributed by atoms with E-state index < -0.39 is 0 Å². The predicted octanol–water partition coefficient (Wildman–Crippen LogP) is 2.62. The average Bonchev–Trinajstić information content (AvgIpc) is 2.79. The van der Waals surface area contributed by atoms with Crippen LogP contribution < -0.4 is 10.9 Å². The van der Waals surface area contributed by atoms with Crippen molar-refractivity contribution >= 4 is 38.7 Å². The van der Waals surface area contributed by atoms with Gasteiger partial charge in [-0.1, -0.05) is 46.3 Å². The second-order valence-electron chi connectivity index (χ2n) is 4.16. The second kappa shape index (κ2) is 4.55. The van der Waals surface area contributed by atoms with Crippen LogP contribution in [0.5, 0.6) is 0 Å². The van der Waals surface area contributed by atoms with Gasteiger partial charge in [-0.15, -0.1) is 0 Å². The molecular weight excluding hydrogens is 292 g/mol. The highest BCUT2D eigenvalue weighted by Gasteiger charge is 2.16. The lowest BCUT2D eigenvalue weighted by molar-refractivity contribution is -0.116. The predicted molar refractivity (Wildman–Crippen MR) is 75.8 cm³/mol. The van der Waals surface area contributed by atoms with E-state index in [-0.39, 0.29) is 5.91 Å². The fourth-order valence-corrected chi connectivity index (χ4v) is 2.55. The summed E-state index contributed by atoms with van der Waals surface area (Å²) in [4.78, 5) is 11.6. The molecule has 3 nitrogen and oxygen atoms in total. The highest BCUT2D eigenvalue weighted by Crippen LogP contribution is 2.28. The third kappa shape index (κ3) is 1.94. The van der Waals surface area contributed by atoms with Gasteiger partial charge in [0.1, 0.15) is 0 Å². The van der Waals surface area contributed by atoms with Gasteiger partial charge < -0.3 is 0 Å². The largest absolute Gasteiger partial charge is 0.287 e. The van der Waals surface area contributed by atoms with Crippen molar-refractivity contribution in [3.05, 3.63) is 52.0 Å². The summed E-state index contributed by atoms with van der Waals surface area (Å²) < 4.78 is 0.994. The number of fused-ring (bicyclic) bond motifs is 1. The SMILES string of the molecule is O=C1NNC/C1=C\c1c(Br)ccc2ccccc12. The molecule has 0 aliphatic carbocycles. The lowest BCUT2D eigenvalue weighted by Crippen LogP contribution is -2.25. The van der Waals surface area contributed by atoms with E-state index in [2.05, 4.69) is 45.0 Å². The zero-order valence-electron chi connectivity index (χ0n) is 9.53. The van der Waals surface area contributed by atoms with E-state index in [1.165, 1.54) is 5.39 Å². The standard InChI is InChI=1S/C14H11BrN2O/c15-13-6-5-9-3-1-2-4-11(9)12(13)7-10-8-16-17-14(10)18/h1-7,16H,8H2,(H,17,18)/b10-7+. The normalized spacial score (nSPS) is 17.4. The quantitative estimate of drug-likeness (QED) is 0.795. The van der Waals surface area contributed by atoms with Crippen LogP contribution in [0.4, 0.5) is 0 Å². The van der Waals surface area contributed by atoms with E-state index in [0.29, 0.717) is 6.54 Å². The van der Waals surface area contributed by atoms with Gasteiger partial charge >= 0.3 is 0 Å². The summed E-state index contributed by atoms with van der Waals surface area (Å²) in [5, 5.41) is 2.30. The summed E-state index contributed by atoms with van der Waals surface area (Å²) in [5.74, 6) is -0.0603. The number of rotatable bonds is 1. The Morgan fingerprint density at radius 2 is 2.00 bits per heavy atom. The first-order chi connectivity index (χ1) is 8.75. The van der Waals surface area contributed by atoms with Crippen molar-refractivity contribution < 1.29 is 4.79 Å². The molecule has 2 N–H and O–H groups in total. The molecule has 0 bridgehead atoms. The van der Waals surface area contributed by atoms with Crippen molar-refractivity contribution in [3.63, 3.8) is 0 Å². The molecule has 1 aliphatic rings. The van der Waals surface area contributed by atoms with Crippen molar-refractivity contribution in [2.75, 3.05) is 6.54 Å². The van der Waals surface area contributed by atoms with Gasteiger partial charge in [0.25, 0.3) is 5.91 Å². The summed E-state index contributed by atoms with van der Waals surface area (Å²) in [6.07, 6.45) is 1.93. The monoisotopic (exact) mass is 302 g/mol. The molecule has 1 amide bonds. The van der Waals surface area contributed by atoms with E-state index in [1.54, 1.807) is 0 Å². The fourth-order valence-electron chi connectivity index (χ4n) is 2.09. The Hall–Kier alpha value is -1.65. The number of carbonyl (C=O) groups excluding carboxylic acids is 1. The molecule has 1 saturated heterocycles. The van der Waals surface area contributed by atoms with Gasteiger partial charge in [0.2, 0.25) is 0 Å². The van der Waals surface area contributed by atoms with Crippen LogP contribution in [0.3, 0.4) is 0 Å². The molecule has 0 spiro atoms. The lowest BCUT2D eigenvalue weighted by atomic mass is 10.0. The van der Waals surface area contributed by atoms with E-state index in [4.69, 9.17) is 0 Å². The summed E-state index contributed by atoms with van der Waals surface area (Å²) in [5.41, 5.74) is 7.20. The van der Waals surface area contributed by atoms with Crippen molar-refractivity contribution in [1.29, 1.82) is 0 Å². The van der Waals surface area contributed by atoms with E-state index in [0.717, 1.165) is 21.0 Å². The number of hydrazine groups is 1. The van der Waals surface area contributed by atoms with Crippen LogP contribution in [0.25, 0.3) is 16.8 Å². The zero-order chi connectivity index (χ0) is 12.5. The Morgan fingerprint density at radius 1 is 1.17 bits per heavy atom. The second-order valence-corrected chi connectivity index (χ2v) is 5.01. The Balaban J connectivity index is 2.22. The molecule has 3 rings (SSSR count). The van der Waals surface area contributed by atoms with E-state index in [9.17, 15) is 4.79 Å². The van der Waals surface area contributed by atoms with Crippen LogP contribution in [-0.4, -0.2) is 12.5 Å². The van der Waals surface area contributed by atoms with Gasteiger partial charge in [-0.3, -0.25) is 10.2 Å². The summed E-state index contributed by atoms with van der Waals surface area (Å²) in [7, 11) is 0. The molecule has 18 heavy (non-hydrogen) atoms. The molecule has 2 aromatic carbocycles. The molecule has 0 aromatic heterocycles. The van der Waals surface area contributed by atoms with Gasteiger partial charge in [-0.2, -0.15) is 0 Å². The Kier molecular flexibility index (Phi) is 2.89. The highest BCUT2D eigenvalue weighted by molar-refractivity contribution is 9.10. The molecule has 0 radical (unpaired) electrons. The molecule has 2 aromatic rings. The molecule has 4 heteroatoms. The van der Waals surface area contributed by atoms with Crippen LogP contribution in [-0.2, 0) is 4.79 Å². The Labute approximate surface area is 113 Å². The van der Waals surface area contributed by atoms with Crippen LogP contribution in [0, 0.1) is 0 Å². The fraction of sp³-hybridized carbons (Fsp3) is 0.0714. The molecule has 1 heterocycles. The summed E-state index contributed by atoms with van der Waals surface area (Å²) in [6.45, 7) is 0.550. The number of hydrogen-bond acceptors (Lipinski definition) is 2. The smallest absolute Gasteiger partial charge is 0.262 e. The van der Waals surface area contributed by atoms with Gasteiger partial charge in [0.15, 0.2) is 0 Å². The molecule has 0 saturated carbocycles. The van der Waals surface area contributed by atoms with Crippen LogP contribution in [0.15, 0.2) is 46.4 Å². The van der Waals surface area contributed by atoms with Gasteiger partial charge in [-0.25, -0.2) is 5.43 Å². The summed E-state index contributed by atoms with van der Waals surface area (Å²) in [6, 6.07) is 12.2. The summed E-state index contributed by atoms with van der Waals surface area (Å²) >= 11 is 3.55. The number of carbonyl (C=O) groups is 1. The van der Waals surface area contributed by atoms with Crippen LogP contribution in [0.2, 0.25) is 0 Å². The third-order valence-corrected chi connectivity index (χ3v) is 3.70. The zero-order valence-corrected chi connectivity index (χ0v) is 11.1. The topological polar surface area (TPSA) is 41.1 Å². The maximum absolute atomic E-state index is 11.6. The molecule has 0 atom stereocenters. The lowest BCUT2D eigenvalue weighted by Gasteiger charge is -2.05. The van der Waals surface area contributed by atoms with Crippen molar-refractivity contribution in [2.45, 2.75) is 0 Å². The average molecular weight is 303 g/mol.